The van der Waals surface area contributed by atoms with Gasteiger partial charge >= 0.3 is 5.97 Å². The summed E-state index contributed by atoms with van der Waals surface area (Å²) in [5.41, 5.74) is 7.06. The lowest BCUT2D eigenvalue weighted by atomic mass is 10.1. The number of anilines is 1. The van der Waals surface area contributed by atoms with Crippen LogP contribution in [0.4, 0.5) is 5.69 Å². The molecule has 6 nitrogen and oxygen atoms in total. The number of aromatic nitrogens is 3. The lowest BCUT2D eigenvalue weighted by Crippen LogP contribution is -1.98. The molecule has 0 radical (unpaired) electrons. The zero-order valence-electron chi connectivity index (χ0n) is 9.99. The number of rotatable bonds is 2. The molecule has 3 N–H and O–H groups in total. The van der Waals surface area contributed by atoms with Crippen molar-refractivity contribution in [3.05, 3.63) is 35.2 Å². The maximum atomic E-state index is 11.1. The Labute approximate surface area is 112 Å². The van der Waals surface area contributed by atoms with Crippen molar-refractivity contribution >= 4 is 33.2 Å². The number of thiophene rings is 1. The monoisotopic (exact) mass is 274 g/mol. The Morgan fingerprint density at radius 2 is 2.32 bits per heavy atom. The Kier molecular flexibility index (Phi) is 2.49. The second-order valence-electron chi connectivity index (χ2n) is 4.10. The number of nitrogens with zero attached hydrogens (tertiary/aromatic N) is 3. The zero-order chi connectivity index (χ0) is 13.6. The minimum atomic E-state index is -1.02. The first-order valence-electron chi connectivity index (χ1n) is 5.49. The summed E-state index contributed by atoms with van der Waals surface area (Å²) in [5, 5.41) is 9.81. The van der Waals surface area contributed by atoms with Crippen LogP contribution < -0.4 is 5.73 Å². The van der Waals surface area contributed by atoms with E-state index in [1.54, 1.807) is 23.3 Å². The molecule has 3 heterocycles. The van der Waals surface area contributed by atoms with E-state index in [4.69, 9.17) is 10.8 Å². The van der Waals surface area contributed by atoms with Crippen LogP contribution in [0.3, 0.4) is 0 Å². The topological polar surface area (TPSA) is 94.0 Å². The Balaban J connectivity index is 2.30. The number of nitrogens with two attached hydrogens (primary N) is 1. The third kappa shape index (κ3) is 1.75. The predicted molar refractivity (Wildman–Crippen MR) is 72.9 cm³/mol. The Morgan fingerprint density at radius 3 is 2.95 bits per heavy atom. The van der Waals surface area contributed by atoms with Gasteiger partial charge in [-0.2, -0.15) is 0 Å². The van der Waals surface area contributed by atoms with E-state index in [0.29, 0.717) is 16.0 Å². The van der Waals surface area contributed by atoms with Gasteiger partial charge in [0.25, 0.3) is 0 Å². The standard InChI is InChI=1S/C12H10N4O2S/c1-6-4-7(16-3-2-14-5-16)15-11-8(6)9(13)10(19-11)12(17)18/h2-5H,13H2,1H3,(H,17,18). The van der Waals surface area contributed by atoms with Crippen LogP contribution in [-0.4, -0.2) is 25.6 Å². The molecule has 19 heavy (non-hydrogen) atoms. The molecule has 0 saturated carbocycles. The molecule has 0 atom stereocenters. The number of aromatic carboxylic acids is 1. The highest BCUT2D eigenvalue weighted by molar-refractivity contribution is 7.21. The van der Waals surface area contributed by atoms with Crippen LogP contribution in [0.1, 0.15) is 15.2 Å². The smallest absolute Gasteiger partial charge is 0.348 e. The van der Waals surface area contributed by atoms with E-state index in [-0.39, 0.29) is 10.6 Å². The molecule has 0 aromatic carbocycles. The molecule has 0 unspecified atom stereocenters. The molecule has 0 aliphatic carbocycles. The molecule has 0 aliphatic rings. The first-order valence-corrected chi connectivity index (χ1v) is 6.31. The predicted octanol–water partition coefficient (Wildman–Crippen LogP) is 2.07. The van der Waals surface area contributed by atoms with Gasteiger partial charge in [-0.1, -0.05) is 0 Å². The molecule has 96 valence electrons. The van der Waals surface area contributed by atoms with Gasteiger partial charge < -0.3 is 10.8 Å². The van der Waals surface area contributed by atoms with Crippen molar-refractivity contribution in [2.45, 2.75) is 6.92 Å². The van der Waals surface area contributed by atoms with Crippen LogP contribution in [0.5, 0.6) is 0 Å². The highest BCUT2D eigenvalue weighted by Crippen LogP contribution is 2.35. The summed E-state index contributed by atoms with van der Waals surface area (Å²) in [5.74, 6) is -0.329. The summed E-state index contributed by atoms with van der Waals surface area (Å²) in [6, 6.07) is 1.86. The van der Waals surface area contributed by atoms with Crippen molar-refractivity contribution in [3.8, 4) is 5.82 Å². The summed E-state index contributed by atoms with van der Waals surface area (Å²) in [6.45, 7) is 1.89. The lowest BCUT2D eigenvalue weighted by molar-refractivity contribution is 0.0703. The minimum absolute atomic E-state index is 0.133. The van der Waals surface area contributed by atoms with Gasteiger partial charge in [0.05, 0.1) is 5.69 Å². The Morgan fingerprint density at radius 1 is 1.53 bits per heavy atom. The van der Waals surface area contributed by atoms with Crippen molar-refractivity contribution in [1.29, 1.82) is 0 Å². The van der Waals surface area contributed by atoms with Crippen molar-refractivity contribution in [1.82, 2.24) is 14.5 Å². The van der Waals surface area contributed by atoms with Gasteiger partial charge in [0.2, 0.25) is 0 Å². The lowest BCUT2D eigenvalue weighted by Gasteiger charge is -2.04. The van der Waals surface area contributed by atoms with Crippen LogP contribution >= 0.6 is 11.3 Å². The number of carboxylic acids is 1. The maximum absolute atomic E-state index is 11.1. The summed E-state index contributed by atoms with van der Waals surface area (Å²) in [6.07, 6.45) is 5.08. The molecule has 7 heteroatoms. The maximum Gasteiger partial charge on any atom is 0.348 e. The fourth-order valence-corrected chi connectivity index (χ4v) is 2.98. The molecule has 0 fully saturated rings. The van der Waals surface area contributed by atoms with E-state index in [1.165, 1.54) is 0 Å². The SMILES string of the molecule is Cc1cc(-n2ccnc2)nc2sc(C(=O)O)c(N)c12. The molecule has 3 aromatic rings. The van der Waals surface area contributed by atoms with Crippen LogP contribution in [0, 0.1) is 6.92 Å². The zero-order valence-corrected chi connectivity index (χ0v) is 10.8. The second-order valence-corrected chi connectivity index (χ2v) is 5.10. The van der Waals surface area contributed by atoms with E-state index in [1.807, 2.05) is 13.0 Å². The largest absolute Gasteiger partial charge is 0.477 e. The van der Waals surface area contributed by atoms with Gasteiger partial charge in [0, 0.05) is 17.8 Å². The number of fused-ring (bicyclic) bond motifs is 1. The summed E-state index contributed by atoms with van der Waals surface area (Å²) in [7, 11) is 0. The van der Waals surface area contributed by atoms with Gasteiger partial charge in [-0.25, -0.2) is 14.8 Å². The highest BCUT2D eigenvalue weighted by Gasteiger charge is 2.18. The van der Waals surface area contributed by atoms with Crippen molar-refractivity contribution in [3.63, 3.8) is 0 Å². The molecule has 0 aliphatic heterocycles. The third-order valence-corrected chi connectivity index (χ3v) is 3.93. The normalized spacial score (nSPS) is 11.0. The first-order chi connectivity index (χ1) is 9.08. The van der Waals surface area contributed by atoms with Crippen molar-refractivity contribution in [2.24, 2.45) is 0 Å². The number of pyridine rings is 1. The summed E-state index contributed by atoms with van der Waals surface area (Å²) in [4.78, 5) is 20.3. The molecular weight excluding hydrogens is 264 g/mol. The van der Waals surface area contributed by atoms with Gasteiger partial charge in [0.15, 0.2) is 0 Å². The van der Waals surface area contributed by atoms with E-state index in [9.17, 15) is 4.79 Å². The number of carbonyl (C=O) groups is 1. The van der Waals surface area contributed by atoms with Gasteiger partial charge in [-0.15, -0.1) is 11.3 Å². The molecule has 3 aromatic heterocycles. The highest BCUT2D eigenvalue weighted by atomic mass is 32.1. The van der Waals surface area contributed by atoms with Gasteiger partial charge in [0.1, 0.15) is 21.9 Å². The number of aryl methyl sites for hydroxylation is 1. The molecule has 0 saturated heterocycles. The molecule has 0 spiro atoms. The van der Waals surface area contributed by atoms with E-state index < -0.39 is 5.97 Å². The third-order valence-electron chi connectivity index (χ3n) is 2.85. The number of hydrogen-bond donors (Lipinski definition) is 2. The summed E-state index contributed by atoms with van der Waals surface area (Å²) >= 11 is 1.09. The Bertz CT molecular complexity index is 777. The van der Waals surface area contributed by atoms with Crippen LogP contribution in [0.2, 0.25) is 0 Å². The number of imidazole rings is 1. The molecule has 3 rings (SSSR count). The van der Waals surface area contributed by atoms with Crippen molar-refractivity contribution < 1.29 is 9.90 Å². The quantitative estimate of drug-likeness (QED) is 0.746. The van der Waals surface area contributed by atoms with Crippen LogP contribution in [-0.2, 0) is 0 Å². The minimum Gasteiger partial charge on any atom is -0.477 e. The fourth-order valence-electron chi connectivity index (χ4n) is 1.98. The number of carboxylic acid groups (broad SMARTS) is 1. The molecular formula is C12H10N4O2S. The van der Waals surface area contributed by atoms with Gasteiger partial charge in [-0.05, 0) is 18.6 Å². The van der Waals surface area contributed by atoms with Crippen LogP contribution in [0.15, 0.2) is 24.8 Å². The van der Waals surface area contributed by atoms with E-state index >= 15 is 0 Å². The molecule has 0 bridgehead atoms. The van der Waals surface area contributed by atoms with Crippen molar-refractivity contribution in [2.75, 3.05) is 5.73 Å². The number of nitrogen functional groups attached to an aromatic ring is 1. The average Bonchev–Trinajstić information content (AvgIpc) is 2.96. The molecule has 0 amide bonds. The summed E-state index contributed by atoms with van der Waals surface area (Å²) < 4.78 is 1.77. The van der Waals surface area contributed by atoms with Gasteiger partial charge in [-0.3, -0.25) is 4.57 Å². The fraction of sp³-hybridized carbons (Fsp3) is 0.0833. The van der Waals surface area contributed by atoms with E-state index in [0.717, 1.165) is 16.9 Å². The second kappa shape index (κ2) is 4.06. The first kappa shape index (κ1) is 11.7. The average molecular weight is 274 g/mol. The van der Waals surface area contributed by atoms with E-state index in [2.05, 4.69) is 9.97 Å². The Hall–Kier alpha value is -2.41. The number of hydrogen-bond acceptors (Lipinski definition) is 5. The van der Waals surface area contributed by atoms with Crippen LogP contribution in [0.25, 0.3) is 16.0 Å².